The highest BCUT2D eigenvalue weighted by atomic mass is 35.5. The van der Waals surface area contributed by atoms with E-state index in [1.807, 2.05) is 30.1 Å². The summed E-state index contributed by atoms with van der Waals surface area (Å²) in [5.74, 6) is 0.701. The summed E-state index contributed by atoms with van der Waals surface area (Å²) in [5, 5.41) is 9.24. The number of nitrogens with two attached hydrogens (primary N) is 1. The molecule has 0 saturated carbocycles. The molecule has 1 aromatic heterocycles. The number of halogens is 1. The Kier molecular flexibility index (Phi) is 3.88. The first-order valence-electron chi connectivity index (χ1n) is 5.72. The molecule has 0 atom stereocenters. The molecule has 0 unspecified atom stereocenters. The van der Waals surface area contributed by atoms with Crippen LogP contribution >= 0.6 is 11.6 Å². The van der Waals surface area contributed by atoms with Crippen molar-refractivity contribution in [2.24, 2.45) is 0 Å². The molecule has 0 amide bonds. The van der Waals surface area contributed by atoms with Gasteiger partial charge in [-0.25, -0.2) is 4.98 Å². The van der Waals surface area contributed by atoms with Crippen LogP contribution in [-0.2, 0) is 6.54 Å². The van der Waals surface area contributed by atoms with E-state index >= 15 is 0 Å². The minimum atomic E-state index is 0.368. The van der Waals surface area contributed by atoms with E-state index in [0.29, 0.717) is 28.8 Å². The highest BCUT2D eigenvalue weighted by molar-refractivity contribution is 6.29. The number of nitrogen functional groups attached to an aromatic ring is 1. The van der Waals surface area contributed by atoms with Crippen molar-refractivity contribution in [3.8, 4) is 6.07 Å². The Morgan fingerprint density at radius 1 is 1.37 bits per heavy atom. The van der Waals surface area contributed by atoms with Gasteiger partial charge < -0.3 is 10.6 Å². The molecular formula is C14H13ClN4. The maximum atomic E-state index is 8.88. The first-order chi connectivity index (χ1) is 9.08. The maximum Gasteiger partial charge on any atom is 0.133 e. The lowest BCUT2D eigenvalue weighted by Crippen LogP contribution is -2.18. The van der Waals surface area contributed by atoms with Crippen LogP contribution in [0.4, 0.5) is 11.5 Å². The summed E-state index contributed by atoms with van der Waals surface area (Å²) < 4.78 is 0. The maximum absolute atomic E-state index is 8.88. The molecule has 19 heavy (non-hydrogen) atoms. The molecule has 2 rings (SSSR count). The van der Waals surface area contributed by atoms with Gasteiger partial charge >= 0.3 is 0 Å². The summed E-state index contributed by atoms with van der Waals surface area (Å²) >= 11 is 5.88. The first-order valence-corrected chi connectivity index (χ1v) is 6.09. The van der Waals surface area contributed by atoms with Crippen molar-refractivity contribution in [3.63, 3.8) is 0 Å². The van der Waals surface area contributed by atoms with Crippen molar-refractivity contribution in [1.82, 2.24) is 4.98 Å². The fourth-order valence-electron chi connectivity index (χ4n) is 1.79. The molecule has 1 heterocycles. The van der Waals surface area contributed by atoms with Crippen LogP contribution in [0, 0.1) is 11.3 Å². The van der Waals surface area contributed by atoms with Crippen molar-refractivity contribution in [2.45, 2.75) is 6.54 Å². The Bertz CT molecular complexity index is 613. The van der Waals surface area contributed by atoms with Crippen LogP contribution < -0.4 is 10.6 Å². The first kappa shape index (κ1) is 13.2. The molecule has 1 aromatic carbocycles. The summed E-state index contributed by atoms with van der Waals surface area (Å²) in [7, 11) is 1.90. The normalized spacial score (nSPS) is 9.95. The van der Waals surface area contributed by atoms with Crippen LogP contribution in [0.3, 0.4) is 0 Å². The highest BCUT2D eigenvalue weighted by Gasteiger charge is 2.06. The predicted octanol–water partition coefficient (Wildman–Crippen LogP) is 2.83. The number of rotatable bonds is 3. The lowest BCUT2D eigenvalue weighted by Gasteiger charge is -2.19. The average molecular weight is 273 g/mol. The van der Waals surface area contributed by atoms with E-state index in [4.69, 9.17) is 22.6 Å². The largest absolute Gasteiger partial charge is 0.399 e. The SMILES string of the molecule is CN(Cc1cccc(C#N)c1)c1cc(N)cc(Cl)n1. The third kappa shape index (κ3) is 3.36. The number of pyridine rings is 1. The zero-order valence-corrected chi connectivity index (χ0v) is 11.2. The van der Waals surface area contributed by atoms with E-state index in [1.165, 1.54) is 0 Å². The van der Waals surface area contributed by atoms with Crippen LogP contribution in [0.25, 0.3) is 0 Å². The van der Waals surface area contributed by atoms with Gasteiger partial charge in [0.25, 0.3) is 0 Å². The number of hydrogen-bond acceptors (Lipinski definition) is 4. The van der Waals surface area contributed by atoms with Gasteiger partial charge in [0.05, 0.1) is 11.6 Å². The van der Waals surface area contributed by atoms with Crippen molar-refractivity contribution < 1.29 is 0 Å². The smallest absolute Gasteiger partial charge is 0.133 e. The lowest BCUT2D eigenvalue weighted by atomic mass is 10.1. The summed E-state index contributed by atoms with van der Waals surface area (Å²) in [6, 6.07) is 12.9. The van der Waals surface area contributed by atoms with Crippen LogP contribution in [0.1, 0.15) is 11.1 Å². The zero-order chi connectivity index (χ0) is 13.8. The molecule has 2 N–H and O–H groups in total. The van der Waals surface area contributed by atoms with Crippen molar-refractivity contribution >= 4 is 23.1 Å². The topological polar surface area (TPSA) is 65.9 Å². The molecule has 5 heteroatoms. The Hall–Kier alpha value is -2.25. The molecule has 0 fully saturated rings. The van der Waals surface area contributed by atoms with Gasteiger partial charge in [-0.15, -0.1) is 0 Å². The predicted molar refractivity (Wildman–Crippen MR) is 76.9 cm³/mol. The fraction of sp³-hybridized carbons (Fsp3) is 0.143. The molecule has 96 valence electrons. The highest BCUT2D eigenvalue weighted by Crippen LogP contribution is 2.20. The molecule has 0 aliphatic heterocycles. The van der Waals surface area contributed by atoms with Crippen LogP contribution in [0.2, 0.25) is 5.15 Å². The van der Waals surface area contributed by atoms with Gasteiger partial charge in [0.1, 0.15) is 11.0 Å². The number of nitrogens with zero attached hydrogens (tertiary/aromatic N) is 3. The minimum Gasteiger partial charge on any atom is -0.399 e. The third-order valence-electron chi connectivity index (χ3n) is 2.67. The third-order valence-corrected chi connectivity index (χ3v) is 2.86. The van der Waals surface area contributed by atoms with E-state index in [9.17, 15) is 0 Å². The number of aromatic nitrogens is 1. The van der Waals surface area contributed by atoms with E-state index < -0.39 is 0 Å². The van der Waals surface area contributed by atoms with Gasteiger partial charge in [-0.1, -0.05) is 23.7 Å². The van der Waals surface area contributed by atoms with Gasteiger partial charge in [0.2, 0.25) is 0 Å². The van der Waals surface area contributed by atoms with Crippen LogP contribution in [0.5, 0.6) is 0 Å². The molecule has 0 bridgehead atoms. The zero-order valence-electron chi connectivity index (χ0n) is 10.5. The molecular weight excluding hydrogens is 260 g/mol. The van der Waals surface area contributed by atoms with Crippen molar-refractivity contribution in [2.75, 3.05) is 17.7 Å². The number of nitriles is 1. The monoisotopic (exact) mass is 272 g/mol. The Morgan fingerprint density at radius 3 is 2.84 bits per heavy atom. The second-order valence-corrected chi connectivity index (χ2v) is 4.64. The lowest BCUT2D eigenvalue weighted by molar-refractivity contribution is 0.898. The minimum absolute atomic E-state index is 0.368. The van der Waals surface area contributed by atoms with Crippen molar-refractivity contribution in [3.05, 3.63) is 52.7 Å². The van der Waals surface area contributed by atoms with Gasteiger partial charge in [0, 0.05) is 25.3 Å². The van der Waals surface area contributed by atoms with Gasteiger partial charge in [-0.3, -0.25) is 0 Å². The Balaban J connectivity index is 2.20. The second-order valence-electron chi connectivity index (χ2n) is 4.25. The number of hydrogen-bond donors (Lipinski definition) is 1. The van der Waals surface area contributed by atoms with E-state index in [0.717, 1.165) is 5.56 Å². The summed E-state index contributed by atoms with van der Waals surface area (Å²) in [6.07, 6.45) is 0. The van der Waals surface area contributed by atoms with Crippen molar-refractivity contribution in [1.29, 1.82) is 5.26 Å². The Labute approximate surface area is 117 Å². The average Bonchev–Trinajstić information content (AvgIpc) is 2.37. The fourth-order valence-corrected chi connectivity index (χ4v) is 2.00. The van der Waals surface area contributed by atoms with Gasteiger partial charge in [-0.05, 0) is 23.8 Å². The van der Waals surface area contributed by atoms with Crippen LogP contribution in [0.15, 0.2) is 36.4 Å². The summed E-state index contributed by atoms with van der Waals surface area (Å²) in [4.78, 5) is 6.15. The summed E-state index contributed by atoms with van der Waals surface area (Å²) in [6.45, 7) is 0.627. The number of benzene rings is 1. The van der Waals surface area contributed by atoms with Gasteiger partial charge in [0.15, 0.2) is 0 Å². The molecule has 0 radical (unpaired) electrons. The van der Waals surface area contributed by atoms with E-state index in [-0.39, 0.29) is 0 Å². The second kappa shape index (κ2) is 5.59. The molecule has 0 saturated heterocycles. The molecule has 0 spiro atoms. The standard InChI is InChI=1S/C14H13ClN4/c1-19(14-7-12(17)6-13(15)18-14)9-11-4-2-3-10(5-11)8-16/h2-7H,9H2,1H3,(H2,17,18). The quantitative estimate of drug-likeness (QED) is 0.873. The molecule has 0 aliphatic rings. The van der Waals surface area contributed by atoms with Gasteiger partial charge in [-0.2, -0.15) is 5.26 Å². The van der Waals surface area contributed by atoms with E-state index in [1.54, 1.807) is 18.2 Å². The van der Waals surface area contributed by atoms with Crippen LogP contribution in [-0.4, -0.2) is 12.0 Å². The Morgan fingerprint density at radius 2 is 2.16 bits per heavy atom. The number of anilines is 2. The molecule has 4 nitrogen and oxygen atoms in total. The summed E-state index contributed by atoms with van der Waals surface area (Å²) in [5.41, 5.74) is 7.99. The molecule has 0 aliphatic carbocycles. The molecule has 2 aromatic rings. The van der Waals surface area contributed by atoms with E-state index in [2.05, 4.69) is 11.1 Å².